The average Bonchev–Trinajstić information content (AvgIpc) is 3.16. The van der Waals surface area contributed by atoms with E-state index in [1.165, 1.54) is 19.3 Å². The highest BCUT2D eigenvalue weighted by Crippen LogP contribution is 2.24. The Morgan fingerprint density at radius 2 is 2.03 bits per heavy atom. The number of ether oxygens (including phenoxy) is 4. The summed E-state index contributed by atoms with van der Waals surface area (Å²) in [6.07, 6.45) is 2.14. The number of aliphatic hydroxyl groups excluding tert-OH is 1. The molecule has 0 bridgehead atoms. The number of aliphatic hydroxyl groups is 1. The smallest absolute Gasteiger partial charge is 0.417 e. The van der Waals surface area contributed by atoms with Crippen molar-refractivity contribution in [3.63, 3.8) is 0 Å². The van der Waals surface area contributed by atoms with Crippen molar-refractivity contribution in [2.45, 2.75) is 31.1 Å². The van der Waals surface area contributed by atoms with Gasteiger partial charge in [-0.1, -0.05) is 30.3 Å². The van der Waals surface area contributed by atoms with Crippen LogP contribution in [0.5, 0.6) is 0 Å². The number of imide groups is 1. The van der Waals surface area contributed by atoms with Crippen LogP contribution in [0.15, 0.2) is 54.3 Å². The van der Waals surface area contributed by atoms with E-state index in [1.54, 1.807) is 6.08 Å². The maximum absolute atomic E-state index is 13.3. The number of allylic oxidation sites excluding steroid dienone is 1. The number of cyclic esters (lactones) is 1. The molecule has 2 aliphatic rings. The lowest BCUT2D eigenvalue weighted by atomic mass is 10.0. The molecule has 1 aromatic rings. The van der Waals surface area contributed by atoms with Gasteiger partial charge in [0.2, 0.25) is 0 Å². The Labute approximate surface area is 186 Å². The van der Waals surface area contributed by atoms with Crippen molar-refractivity contribution in [3.8, 4) is 0 Å². The fourth-order valence-corrected chi connectivity index (χ4v) is 3.54. The van der Waals surface area contributed by atoms with Crippen molar-refractivity contribution >= 4 is 17.8 Å². The molecular weight excluding hydrogens is 418 g/mol. The van der Waals surface area contributed by atoms with Crippen LogP contribution in [0.2, 0.25) is 0 Å². The molecule has 0 aromatic heterocycles. The molecule has 0 radical (unpaired) electrons. The third-order valence-corrected chi connectivity index (χ3v) is 5.08. The van der Waals surface area contributed by atoms with E-state index in [-0.39, 0.29) is 19.8 Å². The molecule has 1 fully saturated rings. The minimum Gasteiger partial charge on any atom is -0.479 e. The molecule has 172 valence electrons. The first-order valence-electron chi connectivity index (χ1n) is 10.4. The molecule has 9 nitrogen and oxygen atoms in total. The maximum atomic E-state index is 13.3. The predicted molar refractivity (Wildman–Crippen MR) is 113 cm³/mol. The summed E-state index contributed by atoms with van der Waals surface area (Å²) >= 11 is 0. The van der Waals surface area contributed by atoms with E-state index in [4.69, 9.17) is 24.1 Å². The van der Waals surface area contributed by atoms with Crippen LogP contribution in [0, 0.1) is 0 Å². The largest absolute Gasteiger partial charge is 0.479 e. The van der Waals surface area contributed by atoms with Gasteiger partial charge in [-0.25, -0.2) is 9.69 Å². The predicted octanol–water partition coefficient (Wildman–Crippen LogP) is 1.40. The number of carbonyl (C=O) groups excluding carboxylic acids is 3. The fourth-order valence-electron chi connectivity index (χ4n) is 3.54. The summed E-state index contributed by atoms with van der Waals surface area (Å²) in [5, 5.41) is 8.73. The van der Waals surface area contributed by atoms with E-state index in [9.17, 15) is 14.4 Å². The molecule has 1 aromatic carbocycles. The lowest BCUT2D eigenvalue weighted by Gasteiger charge is -2.30. The topological polar surface area (TPSA) is 112 Å². The minimum atomic E-state index is -1.31. The Morgan fingerprint density at radius 1 is 1.25 bits per heavy atom. The number of ketones is 1. The summed E-state index contributed by atoms with van der Waals surface area (Å²) in [7, 11) is 1.29. The van der Waals surface area contributed by atoms with Gasteiger partial charge in [-0.15, -0.1) is 0 Å². The molecule has 1 N–H and O–H groups in total. The molecular formula is C23H27NO8. The van der Waals surface area contributed by atoms with Gasteiger partial charge in [-0.05, 0) is 36.6 Å². The summed E-state index contributed by atoms with van der Waals surface area (Å²) in [4.78, 5) is 39.1. The number of amides is 2. The fraction of sp³-hybridized carbons (Fsp3) is 0.435. The van der Waals surface area contributed by atoms with Gasteiger partial charge in [-0.3, -0.25) is 9.59 Å². The van der Waals surface area contributed by atoms with E-state index in [2.05, 4.69) is 0 Å². The monoisotopic (exact) mass is 445 g/mol. The van der Waals surface area contributed by atoms with Gasteiger partial charge < -0.3 is 24.1 Å². The molecule has 2 heterocycles. The number of rotatable bonds is 10. The second kappa shape index (κ2) is 11.6. The molecule has 0 aliphatic carbocycles. The molecule has 1 saturated heterocycles. The third kappa shape index (κ3) is 5.82. The zero-order chi connectivity index (χ0) is 22.9. The molecule has 0 unspecified atom stereocenters. The summed E-state index contributed by atoms with van der Waals surface area (Å²) in [5.74, 6) is -0.733. The number of methoxy groups -OCH3 is 1. The molecule has 2 aliphatic heterocycles. The number of hydrogen-bond donors (Lipinski definition) is 1. The van der Waals surface area contributed by atoms with Crippen molar-refractivity contribution in [2.75, 3.05) is 33.5 Å². The first-order chi connectivity index (χ1) is 15.5. The lowest BCUT2D eigenvalue weighted by molar-refractivity contribution is -0.153. The van der Waals surface area contributed by atoms with Crippen LogP contribution in [0.25, 0.3) is 0 Å². The van der Waals surface area contributed by atoms with Gasteiger partial charge in [0.05, 0.1) is 25.9 Å². The molecule has 3 rings (SSSR count). The standard InChI is InChI=1S/C23H27NO8/c1-29-21(20-19(26)10-9-18(32-20)8-5-12-30-13-11-25)22(27)24-17(15-31-23(24)28)14-16-6-3-2-4-7-16/h2-4,6-10,17,20-21,25H,5,11-15H2,1H3/t17-,20-,21-/m1/s1. The second-order valence-electron chi connectivity index (χ2n) is 7.29. The number of benzene rings is 1. The highest BCUT2D eigenvalue weighted by Gasteiger charge is 2.46. The van der Waals surface area contributed by atoms with E-state index >= 15 is 0 Å². The van der Waals surface area contributed by atoms with Gasteiger partial charge in [0, 0.05) is 7.11 Å². The molecule has 3 atom stereocenters. The Bertz CT molecular complexity index is 866. The Kier molecular flexibility index (Phi) is 8.55. The van der Waals surface area contributed by atoms with Crippen LogP contribution < -0.4 is 0 Å². The Hall–Kier alpha value is -3.01. The van der Waals surface area contributed by atoms with E-state index < -0.39 is 36.0 Å². The zero-order valence-electron chi connectivity index (χ0n) is 17.8. The summed E-state index contributed by atoms with van der Waals surface area (Å²) in [6, 6.07) is 8.93. The Morgan fingerprint density at radius 3 is 2.75 bits per heavy atom. The van der Waals surface area contributed by atoms with Crippen LogP contribution >= 0.6 is 0 Å². The van der Waals surface area contributed by atoms with Crippen LogP contribution in [0.4, 0.5) is 4.79 Å². The van der Waals surface area contributed by atoms with Crippen LogP contribution in [0.3, 0.4) is 0 Å². The second-order valence-corrected chi connectivity index (χ2v) is 7.29. The quantitative estimate of drug-likeness (QED) is 0.538. The van der Waals surface area contributed by atoms with E-state index in [0.717, 1.165) is 10.5 Å². The van der Waals surface area contributed by atoms with Gasteiger partial charge >= 0.3 is 6.09 Å². The van der Waals surface area contributed by atoms with Crippen LogP contribution in [0.1, 0.15) is 12.0 Å². The maximum Gasteiger partial charge on any atom is 0.417 e. The van der Waals surface area contributed by atoms with Crippen molar-refractivity contribution in [3.05, 3.63) is 59.9 Å². The zero-order valence-corrected chi connectivity index (χ0v) is 17.8. The number of carbonyl (C=O) groups is 3. The van der Waals surface area contributed by atoms with Gasteiger partial charge in [0.15, 0.2) is 18.0 Å². The third-order valence-electron chi connectivity index (χ3n) is 5.08. The van der Waals surface area contributed by atoms with Crippen molar-refractivity contribution in [1.82, 2.24) is 4.90 Å². The van der Waals surface area contributed by atoms with Crippen molar-refractivity contribution in [2.24, 2.45) is 0 Å². The first-order valence-corrected chi connectivity index (χ1v) is 10.4. The number of nitrogens with zero attached hydrogens (tertiary/aromatic N) is 1. The molecule has 0 spiro atoms. The summed E-state index contributed by atoms with van der Waals surface area (Å²) in [5.41, 5.74) is 0.948. The molecule has 9 heteroatoms. The van der Waals surface area contributed by atoms with Crippen LogP contribution in [-0.4, -0.2) is 79.6 Å². The van der Waals surface area contributed by atoms with E-state index in [0.29, 0.717) is 25.2 Å². The van der Waals surface area contributed by atoms with E-state index in [1.807, 2.05) is 30.3 Å². The molecule has 32 heavy (non-hydrogen) atoms. The SMILES string of the molecule is CO[C@@H](C(=O)N1C(=O)OC[C@H]1Cc1ccccc1)[C@@H]1OC(=CCCOCCO)C=CC1=O. The number of hydrogen-bond acceptors (Lipinski definition) is 8. The first kappa shape index (κ1) is 23.6. The van der Waals surface area contributed by atoms with Crippen molar-refractivity contribution in [1.29, 1.82) is 0 Å². The average molecular weight is 445 g/mol. The highest BCUT2D eigenvalue weighted by atomic mass is 16.6. The minimum absolute atomic E-state index is 0.0638. The Balaban J connectivity index is 1.70. The van der Waals surface area contributed by atoms with Gasteiger partial charge in [0.25, 0.3) is 5.91 Å². The normalized spacial score (nSPS) is 22.7. The highest BCUT2D eigenvalue weighted by molar-refractivity contribution is 6.03. The molecule has 0 saturated carbocycles. The molecule has 2 amide bonds. The lowest BCUT2D eigenvalue weighted by Crippen LogP contribution is -2.53. The van der Waals surface area contributed by atoms with Crippen LogP contribution in [-0.2, 0) is 35.0 Å². The van der Waals surface area contributed by atoms with Gasteiger partial charge in [0.1, 0.15) is 12.4 Å². The van der Waals surface area contributed by atoms with Gasteiger partial charge in [-0.2, -0.15) is 0 Å². The summed E-state index contributed by atoms with van der Waals surface area (Å²) < 4.78 is 21.4. The summed E-state index contributed by atoms with van der Waals surface area (Å²) in [6.45, 7) is 0.601. The van der Waals surface area contributed by atoms with Crippen molar-refractivity contribution < 1.29 is 38.4 Å².